The number of nitrogens with one attached hydrogen (secondary N) is 1. The second-order valence-electron chi connectivity index (χ2n) is 5.60. The van der Waals surface area contributed by atoms with Gasteiger partial charge >= 0.3 is 0 Å². The number of hydrogen-bond acceptors (Lipinski definition) is 4. The van der Waals surface area contributed by atoms with Crippen molar-refractivity contribution in [2.24, 2.45) is 11.7 Å². The molecule has 6 heteroatoms. The van der Waals surface area contributed by atoms with Crippen LogP contribution in [0.1, 0.15) is 42.5 Å². The number of carbonyl (C=O) groups excluding carboxylic acids is 1. The van der Waals surface area contributed by atoms with Crippen LogP contribution < -0.4 is 15.8 Å². The molecule has 1 amide bonds. The minimum atomic E-state index is -0.299. The van der Waals surface area contributed by atoms with Gasteiger partial charge in [-0.2, -0.15) is 0 Å². The first-order chi connectivity index (χ1) is 10.2. The number of aromatic hydroxyl groups is 1. The molecule has 124 valence electrons. The number of amides is 1. The normalized spacial score (nSPS) is 16.5. The number of ether oxygens (including phenoxy) is 1. The molecule has 1 aliphatic rings. The molecule has 1 aliphatic carbocycles. The Labute approximate surface area is 137 Å². The summed E-state index contributed by atoms with van der Waals surface area (Å²) in [6.45, 7) is 0.418. The van der Waals surface area contributed by atoms with E-state index >= 15 is 0 Å². The fraction of sp³-hybridized carbons (Fsp3) is 0.562. The summed E-state index contributed by atoms with van der Waals surface area (Å²) in [6.07, 6.45) is 5.86. The quantitative estimate of drug-likeness (QED) is 0.775. The highest BCUT2D eigenvalue weighted by Crippen LogP contribution is 2.27. The first-order valence-corrected chi connectivity index (χ1v) is 7.53. The van der Waals surface area contributed by atoms with Crippen LogP contribution in [0.3, 0.4) is 0 Å². The Morgan fingerprint density at radius 3 is 2.68 bits per heavy atom. The van der Waals surface area contributed by atoms with Gasteiger partial charge in [-0.25, -0.2) is 0 Å². The number of halogens is 1. The minimum absolute atomic E-state index is 0. The molecule has 1 aromatic carbocycles. The largest absolute Gasteiger partial charge is 0.507 e. The van der Waals surface area contributed by atoms with E-state index in [1.54, 1.807) is 12.1 Å². The van der Waals surface area contributed by atoms with Gasteiger partial charge in [-0.05, 0) is 37.0 Å². The molecule has 0 bridgehead atoms. The van der Waals surface area contributed by atoms with Gasteiger partial charge in [-0.3, -0.25) is 4.79 Å². The highest BCUT2D eigenvalue weighted by molar-refractivity contribution is 5.97. The average molecular weight is 329 g/mol. The third-order valence-corrected chi connectivity index (χ3v) is 4.24. The third-order valence-electron chi connectivity index (χ3n) is 4.24. The number of rotatable bonds is 5. The molecule has 5 nitrogen and oxygen atoms in total. The van der Waals surface area contributed by atoms with Gasteiger partial charge in [-0.15, -0.1) is 12.4 Å². The molecular formula is C16H25ClN2O3. The van der Waals surface area contributed by atoms with Gasteiger partial charge in [0.15, 0.2) is 0 Å². The van der Waals surface area contributed by atoms with E-state index in [0.717, 1.165) is 12.8 Å². The van der Waals surface area contributed by atoms with Crippen LogP contribution in [0.2, 0.25) is 0 Å². The van der Waals surface area contributed by atoms with E-state index in [-0.39, 0.29) is 35.7 Å². The van der Waals surface area contributed by atoms with Crippen LogP contribution in [0.15, 0.2) is 18.2 Å². The first kappa shape index (κ1) is 18.6. The van der Waals surface area contributed by atoms with Gasteiger partial charge in [-0.1, -0.05) is 19.3 Å². The molecule has 1 atom stereocenters. The Morgan fingerprint density at radius 2 is 2.09 bits per heavy atom. The van der Waals surface area contributed by atoms with E-state index < -0.39 is 0 Å². The summed E-state index contributed by atoms with van der Waals surface area (Å²) in [5, 5.41) is 12.8. The van der Waals surface area contributed by atoms with Gasteiger partial charge in [0.25, 0.3) is 5.91 Å². The van der Waals surface area contributed by atoms with E-state index in [1.165, 1.54) is 32.4 Å². The fourth-order valence-electron chi connectivity index (χ4n) is 2.98. The van der Waals surface area contributed by atoms with Crippen molar-refractivity contribution in [1.29, 1.82) is 0 Å². The first-order valence-electron chi connectivity index (χ1n) is 7.53. The molecule has 0 spiro atoms. The number of nitrogens with two attached hydrogens (primary N) is 1. The Bertz CT molecular complexity index is 490. The zero-order valence-electron chi connectivity index (χ0n) is 12.9. The molecule has 1 unspecified atom stereocenters. The van der Waals surface area contributed by atoms with Crippen molar-refractivity contribution < 1.29 is 14.6 Å². The predicted molar refractivity (Wildman–Crippen MR) is 88.8 cm³/mol. The molecule has 1 fully saturated rings. The van der Waals surface area contributed by atoms with Crippen molar-refractivity contribution in [3.63, 3.8) is 0 Å². The van der Waals surface area contributed by atoms with Crippen LogP contribution in [0.4, 0.5) is 0 Å². The maximum absolute atomic E-state index is 12.4. The summed E-state index contributed by atoms with van der Waals surface area (Å²) < 4.78 is 5.09. The highest BCUT2D eigenvalue weighted by Gasteiger charge is 2.25. The summed E-state index contributed by atoms with van der Waals surface area (Å²) in [7, 11) is 1.53. The zero-order chi connectivity index (χ0) is 15.2. The third kappa shape index (κ3) is 4.52. The van der Waals surface area contributed by atoms with Gasteiger partial charge in [0, 0.05) is 12.6 Å². The van der Waals surface area contributed by atoms with Crippen molar-refractivity contribution in [3.05, 3.63) is 23.8 Å². The van der Waals surface area contributed by atoms with Crippen LogP contribution in [-0.4, -0.2) is 30.7 Å². The topological polar surface area (TPSA) is 84.6 Å². The summed E-state index contributed by atoms with van der Waals surface area (Å²) in [6, 6.07) is 4.59. The predicted octanol–water partition coefficient (Wildman–Crippen LogP) is 2.46. The SMILES string of the molecule is COc1ccc(O)c(C(=O)NC(CN)C2CCCCC2)c1.Cl. The minimum Gasteiger partial charge on any atom is -0.507 e. The Balaban J connectivity index is 0.00000242. The summed E-state index contributed by atoms with van der Waals surface area (Å²) in [5.74, 6) is 0.625. The Morgan fingerprint density at radius 1 is 1.41 bits per heavy atom. The van der Waals surface area contributed by atoms with Crippen molar-refractivity contribution >= 4 is 18.3 Å². The standard InChI is InChI=1S/C16H24N2O3.ClH/c1-21-12-7-8-15(19)13(9-12)16(20)18-14(10-17)11-5-3-2-4-6-11;/h7-9,11,14,19H,2-6,10,17H2,1H3,(H,18,20);1H. The van der Waals surface area contributed by atoms with E-state index in [9.17, 15) is 9.90 Å². The van der Waals surface area contributed by atoms with Crippen molar-refractivity contribution in [2.45, 2.75) is 38.1 Å². The van der Waals surface area contributed by atoms with Gasteiger partial charge in [0.2, 0.25) is 0 Å². The lowest BCUT2D eigenvalue weighted by molar-refractivity contribution is 0.0912. The van der Waals surface area contributed by atoms with E-state index in [4.69, 9.17) is 10.5 Å². The van der Waals surface area contributed by atoms with Crippen LogP contribution >= 0.6 is 12.4 Å². The monoisotopic (exact) mass is 328 g/mol. The molecule has 0 aliphatic heterocycles. The molecule has 22 heavy (non-hydrogen) atoms. The van der Waals surface area contributed by atoms with E-state index in [1.807, 2.05) is 0 Å². The number of phenolic OH excluding ortho intramolecular Hbond substituents is 1. The lowest BCUT2D eigenvalue weighted by atomic mass is 9.84. The smallest absolute Gasteiger partial charge is 0.255 e. The molecule has 0 saturated heterocycles. The zero-order valence-corrected chi connectivity index (χ0v) is 13.7. The molecule has 1 saturated carbocycles. The van der Waals surface area contributed by atoms with Gasteiger partial charge < -0.3 is 20.9 Å². The second-order valence-corrected chi connectivity index (χ2v) is 5.60. The number of hydrogen-bond donors (Lipinski definition) is 3. The second kappa shape index (κ2) is 8.86. The molecule has 0 radical (unpaired) electrons. The summed E-state index contributed by atoms with van der Waals surface area (Å²) in [5.41, 5.74) is 6.05. The van der Waals surface area contributed by atoms with Crippen LogP contribution in [-0.2, 0) is 0 Å². The maximum atomic E-state index is 12.4. The number of methoxy groups -OCH3 is 1. The fourth-order valence-corrected chi connectivity index (χ4v) is 2.98. The Hall–Kier alpha value is -1.46. The lowest BCUT2D eigenvalue weighted by Crippen LogP contribution is -2.45. The molecule has 0 heterocycles. The molecular weight excluding hydrogens is 304 g/mol. The lowest BCUT2D eigenvalue weighted by Gasteiger charge is -2.30. The molecule has 0 aromatic heterocycles. The molecule has 4 N–H and O–H groups in total. The number of benzene rings is 1. The van der Waals surface area contributed by atoms with Crippen LogP contribution in [0, 0.1) is 5.92 Å². The van der Waals surface area contributed by atoms with Crippen LogP contribution in [0.5, 0.6) is 11.5 Å². The summed E-state index contributed by atoms with van der Waals surface area (Å²) >= 11 is 0. The van der Waals surface area contributed by atoms with Gasteiger partial charge in [0.05, 0.1) is 12.7 Å². The Kier molecular flexibility index (Phi) is 7.48. The average Bonchev–Trinajstić information content (AvgIpc) is 2.53. The maximum Gasteiger partial charge on any atom is 0.255 e. The molecule has 2 rings (SSSR count). The number of phenols is 1. The van der Waals surface area contributed by atoms with Crippen LogP contribution in [0.25, 0.3) is 0 Å². The number of carbonyl (C=O) groups is 1. The van der Waals surface area contributed by atoms with Crippen molar-refractivity contribution in [3.8, 4) is 11.5 Å². The summed E-state index contributed by atoms with van der Waals surface area (Å²) in [4.78, 5) is 12.4. The van der Waals surface area contributed by atoms with Crippen molar-refractivity contribution in [2.75, 3.05) is 13.7 Å². The van der Waals surface area contributed by atoms with E-state index in [0.29, 0.717) is 18.2 Å². The van der Waals surface area contributed by atoms with E-state index in [2.05, 4.69) is 5.32 Å². The highest BCUT2D eigenvalue weighted by atomic mass is 35.5. The van der Waals surface area contributed by atoms with Crippen molar-refractivity contribution in [1.82, 2.24) is 5.32 Å². The molecule has 1 aromatic rings. The van der Waals surface area contributed by atoms with Gasteiger partial charge in [0.1, 0.15) is 11.5 Å².